The number of hydrogen-bond acceptors (Lipinski definition) is 8. The molecule has 172 valence electrons. The second-order valence-corrected chi connectivity index (χ2v) is 8.20. The summed E-state index contributed by atoms with van der Waals surface area (Å²) in [6.07, 6.45) is 2.33. The first kappa shape index (κ1) is 21.2. The fourth-order valence-corrected chi connectivity index (χ4v) is 4.20. The van der Waals surface area contributed by atoms with Crippen LogP contribution < -0.4 is 21.1 Å². The smallest absolute Gasteiger partial charge is 0.413 e. The summed E-state index contributed by atoms with van der Waals surface area (Å²) in [5.74, 6) is 0.252. The molecule has 33 heavy (non-hydrogen) atoms. The van der Waals surface area contributed by atoms with Crippen LogP contribution in [-0.4, -0.2) is 59.9 Å². The summed E-state index contributed by atoms with van der Waals surface area (Å²) in [7, 11) is 0. The number of halogens is 1. The zero-order chi connectivity index (χ0) is 23.1. The molecule has 0 radical (unpaired) electrons. The molecule has 0 aliphatic carbocycles. The molecule has 2 aromatic heterocycles. The van der Waals surface area contributed by atoms with Gasteiger partial charge in [-0.05, 0) is 36.6 Å². The van der Waals surface area contributed by atoms with Crippen molar-refractivity contribution in [3.8, 4) is 17.0 Å². The van der Waals surface area contributed by atoms with E-state index >= 15 is 4.39 Å². The predicted molar refractivity (Wildman–Crippen MR) is 124 cm³/mol. The Morgan fingerprint density at radius 3 is 2.94 bits per heavy atom. The molecule has 0 unspecified atom stereocenters. The number of pyridine rings is 2. The van der Waals surface area contributed by atoms with Crippen LogP contribution in [0.1, 0.15) is 12.5 Å². The van der Waals surface area contributed by atoms with Crippen LogP contribution in [0.2, 0.25) is 0 Å². The number of fused-ring (bicyclic) bond motifs is 2. The van der Waals surface area contributed by atoms with Crippen molar-refractivity contribution in [2.24, 2.45) is 0 Å². The van der Waals surface area contributed by atoms with E-state index in [9.17, 15) is 4.79 Å². The molecule has 4 heterocycles. The van der Waals surface area contributed by atoms with E-state index in [1.165, 1.54) is 6.20 Å². The van der Waals surface area contributed by atoms with Crippen LogP contribution in [0.15, 0.2) is 24.5 Å². The number of benzene rings is 1. The molecule has 1 aromatic carbocycles. The first-order valence-electron chi connectivity index (χ1n) is 10.9. The van der Waals surface area contributed by atoms with E-state index in [0.717, 1.165) is 30.9 Å². The van der Waals surface area contributed by atoms with Crippen LogP contribution >= 0.6 is 0 Å². The summed E-state index contributed by atoms with van der Waals surface area (Å²) in [5, 5.41) is 7.00. The topological polar surface area (TPSA) is 115 Å². The Hall–Kier alpha value is -3.66. The van der Waals surface area contributed by atoms with Crippen LogP contribution in [-0.2, 0) is 4.74 Å². The van der Waals surface area contributed by atoms with Crippen molar-refractivity contribution in [2.75, 3.05) is 49.2 Å². The van der Waals surface area contributed by atoms with E-state index in [1.807, 2.05) is 6.92 Å². The second-order valence-electron chi connectivity index (χ2n) is 8.20. The average Bonchev–Trinajstić information content (AvgIpc) is 2.79. The summed E-state index contributed by atoms with van der Waals surface area (Å²) >= 11 is 0. The fourth-order valence-electron chi connectivity index (χ4n) is 4.20. The van der Waals surface area contributed by atoms with Gasteiger partial charge in [0, 0.05) is 48.5 Å². The lowest BCUT2D eigenvalue weighted by Gasteiger charge is -2.37. The van der Waals surface area contributed by atoms with Gasteiger partial charge in [-0.15, -0.1) is 0 Å². The molecular weight excluding hydrogens is 427 g/mol. The molecule has 2 aliphatic heterocycles. The lowest BCUT2D eigenvalue weighted by Crippen LogP contribution is -2.52. The van der Waals surface area contributed by atoms with Crippen LogP contribution in [0.5, 0.6) is 5.88 Å². The molecule has 1 saturated heterocycles. The molecule has 0 bridgehead atoms. The normalized spacial score (nSPS) is 15.8. The van der Waals surface area contributed by atoms with Crippen molar-refractivity contribution >= 4 is 34.1 Å². The summed E-state index contributed by atoms with van der Waals surface area (Å²) in [6, 6.07) is 3.34. The SMILES string of the molecule is CCN1CC(OC(=O)Nc2cc3cc(-c4cnc5c(c4C)NCCO5)c(F)c(N)c3cn2)C1. The third kappa shape index (κ3) is 3.86. The van der Waals surface area contributed by atoms with E-state index < -0.39 is 11.9 Å². The fraction of sp³-hybridized carbons (Fsp3) is 0.348. The number of likely N-dealkylation sites (tertiary alicyclic amines) is 1. The predicted octanol–water partition coefficient (Wildman–Crippen LogP) is 3.38. The molecule has 0 spiro atoms. The van der Waals surface area contributed by atoms with Gasteiger partial charge < -0.3 is 20.5 Å². The van der Waals surface area contributed by atoms with Crippen LogP contribution in [0.4, 0.5) is 26.4 Å². The maximum absolute atomic E-state index is 15.3. The molecule has 0 saturated carbocycles. The maximum atomic E-state index is 15.3. The Labute approximate surface area is 190 Å². The largest absolute Gasteiger partial charge is 0.474 e. The Morgan fingerprint density at radius 2 is 2.15 bits per heavy atom. The molecule has 1 fully saturated rings. The number of nitrogens with one attached hydrogen (secondary N) is 2. The molecule has 4 N–H and O–H groups in total. The molecule has 3 aromatic rings. The zero-order valence-corrected chi connectivity index (χ0v) is 18.4. The quantitative estimate of drug-likeness (QED) is 0.516. The van der Waals surface area contributed by atoms with E-state index in [0.29, 0.717) is 46.7 Å². The molecule has 2 aliphatic rings. The Bertz CT molecular complexity index is 1240. The van der Waals surface area contributed by atoms with Crippen molar-refractivity contribution in [2.45, 2.75) is 20.0 Å². The van der Waals surface area contributed by atoms with Gasteiger partial charge in [0.05, 0.1) is 5.69 Å². The van der Waals surface area contributed by atoms with Gasteiger partial charge in [0.1, 0.15) is 24.2 Å². The summed E-state index contributed by atoms with van der Waals surface area (Å²) in [6.45, 7) is 7.49. The van der Waals surface area contributed by atoms with Crippen molar-refractivity contribution in [1.82, 2.24) is 14.9 Å². The number of rotatable bonds is 4. The van der Waals surface area contributed by atoms with Gasteiger partial charge >= 0.3 is 6.09 Å². The number of hydrogen-bond donors (Lipinski definition) is 3. The van der Waals surface area contributed by atoms with E-state index in [4.69, 9.17) is 15.2 Å². The third-order valence-corrected chi connectivity index (χ3v) is 6.11. The minimum atomic E-state index is -0.571. The minimum absolute atomic E-state index is 0.0143. The van der Waals surface area contributed by atoms with Crippen LogP contribution in [0.3, 0.4) is 0 Å². The number of likely N-dealkylation sites (N-methyl/N-ethyl adjacent to an activating group) is 1. The van der Waals surface area contributed by atoms with Crippen LogP contribution in [0, 0.1) is 12.7 Å². The molecule has 9 nitrogen and oxygen atoms in total. The highest BCUT2D eigenvalue weighted by Crippen LogP contribution is 2.39. The molecular formula is C23H25FN6O3. The van der Waals surface area contributed by atoms with Gasteiger partial charge in [0.15, 0.2) is 5.82 Å². The monoisotopic (exact) mass is 452 g/mol. The maximum Gasteiger partial charge on any atom is 0.413 e. The molecule has 10 heteroatoms. The molecule has 0 atom stereocenters. The minimum Gasteiger partial charge on any atom is -0.474 e. The number of nitrogens with zero attached hydrogens (tertiary/aromatic N) is 3. The van der Waals surface area contributed by atoms with Gasteiger partial charge in [-0.3, -0.25) is 10.2 Å². The highest BCUT2D eigenvalue weighted by molar-refractivity contribution is 5.99. The summed E-state index contributed by atoms with van der Waals surface area (Å²) in [4.78, 5) is 22.9. The van der Waals surface area contributed by atoms with Crippen LogP contribution in [0.25, 0.3) is 21.9 Å². The van der Waals surface area contributed by atoms with Crippen molar-refractivity contribution < 1.29 is 18.7 Å². The summed E-state index contributed by atoms with van der Waals surface area (Å²) < 4.78 is 26.2. The average molecular weight is 452 g/mol. The number of carbonyl (C=O) groups is 1. The number of carbonyl (C=O) groups excluding carboxylic acids is 1. The second kappa shape index (κ2) is 8.36. The Morgan fingerprint density at radius 1 is 1.33 bits per heavy atom. The lowest BCUT2D eigenvalue weighted by atomic mass is 9.97. The third-order valence-electron chi connectivity index (χ3n) is 6.11. The van der Waals surface area contributed by atoms with Crippen molar-refractivity contribution in [1.29, 1.82) is 0 Å². The number of aromatic nitrogens is 2. The molecule has 5 rings (SSSR count). The first-order chi connectivity index (χ1) is 15.9. The molecule has 1 amide bonds. The van der Waals surface area contributed by atoms with E-state index in [1.54, 1.807) is 18.3 Å². The van der Waals surface area contributed by atoms with Gasteiger partial charge in [0.2, 0.25) is 5.88 Å². The van der Waals surface area contributed by atoms with Gasteiger partial charge in [-0.25, -0.2) is 19.2 Å². The van der Waals surface area contributed by atoms with E-state index in [2.05, 4.69) is 32.4 Å². The van der Waals surface area contributed by atoms with Crippen molar-refractivity contribution in [3.63, 3.8) is 0 Å². The Balaban J connectivity index is 1.45. The highest BCUT2D eigenvalue weighted by Gasteiger charge is 2.28. The highest BCUT2D eigenvalue weighted by atomic mass is 19.1. The Kier molecular flexibility index (Phi) is 5.37. The van der Waals surface area contributed by atoms with Gasteiger partial charge in [-0.1, -0.05) is 6.92 Å². The first-order valence-corrected chi connectivity index (χ1v) is 10.9. The number of amides is 1. The van der Waals surface area contributed by atoms with Crippen molar-refractivity contribution in [3.05, 3.63) is 35.9 Å². The number of nitrogens with two attached hydrogens (primary N) is 1. The summed E-state index contributed by atoms with van der Waals surface area (Å²) in [5.41, 5.74) is 8.59. The number of ether oxygens (including phenoxy) is 2. The lowest BCUT2D eigenvalue weighted by molar-refractivity contribution is -0.00468. The van der Waals surface area contributed by atoms with E-state index in [-0.39, 0.29) is 11.8 Å². The van der Waals surface area contributed by atoms with Gasteiger partial charge in [-0.2, -0.15) is 0 Å². The van der Waals surface area contributed by atoms with Gasteiger partial charge in [0.25, 0.3) is 0 Å². The number of nitrogen functional groups attached to an aromatic ring is 1. The standard InChI is InChI=1S/C23H25FN6O3/c1-3-30-10-14(11-30)33-23(31)29-18-7-13-6-15(19(24)20(25)17(13)9-27-18)16-8-28-22-21(12(16)2)26-4-5-32-22/h6-9,14,26H,3-5,10-11,25H2,1-2H3,(H,27,29,31). The number of anilines is 3. The zero-order valence-electron chi connectivity index (χ0n) is 18.4.